The molecular formula is C23H21F3N4O4S. The van der Waals surface area contributed by atoms with Crippen LogP contribution in [-0.4, -0.2) is 42.6 Å². The van der Waals surface area contributed by atoms with Crippen LogP contribution in [-0.2, 0) is 21.0 Å². The van der Waals surface area contributed by atoms with Gasteiger partial charge in [-0.2, -0.15) is 13.2 Å². The molecule has 1 saturated heterocycles. The lowest BCUT2D eigenvalue weighted by Crippen LogP contribution is -2.24. The van der Waals surface area contributed by atoms with Gasteiger partial charge in [-0.05, 0) is 42.2 Å². The number of benzene rings is 1. The minimum Gasteiger partial charge on any atom is -0.481 e. The third kappa shape index (κ3) is 5.21. The maximum atomic E-state index is 13.6. The predicted octanol–water partition coefficient (Wildman–Crippen LogP) is 4.18. The molecule has 0 bridgehead atoms. The monoisotopic (exact) mass is 506 g/mol. The zero-order valence-corrected chi connectivity index (χ0v) is 19.3. The Morgan fingerprint density at radius 1 is 1.14 bits per heavy atom. The van der Waals surface area contributed by atoms with Crippen molar-refractivity contribution in [3.05, 3.63) is 66.0 Å². The predicted molar refractivity (Wildman–Crippen MR) is 122 cm³/mol. The van der Waals surface area contributed by atoms with Crippen molar-refractivity contribution >= 4 is 27.6 Å². The van der Waals surface area contributed by atoms with Crippen molar-refractivity contribution in [2.45, 2.75) is 24.4 Å². The summed E-state index contributed by atoms with van der Waals surface area (Å²) in [5.74, 6) is -1.50. The van der Waals surface area contributed by atoms with Crippen LogP contribution in [0.15, 0.2) is 59.8 Å². The van der Waals surface area contributed by atoms with Crippen LogP contribution < -0.4 is 9.62 Å². The van der Waals surface area contributed by atoms with Crippen LogP contribution in [0.1, 0.15) is 17.5 Å². The Bertz CT molecular complexity index is 1380. The number of aromatic nitrogens is 2. The summed E-state index contributed by atoms with van der Waals surface area (Å²) in [6, 6.07) is 10.1. The smallest absolute Gasteiger partial charge is 0.418 e. The van der Waals surface area contributed by atoms with E-state index in [-0.39, 0.29) is 28.6 Å². The zero-order chi connectivity index (χ0) is 25.4. The molecule has 0 radical (unpaired) electrons. The number of nitrogens with one attached hydrogen (secondary N) is 1. The number of hydrogen-bond acceptors (Lipinski definition) is 6. The molecule has 3 aromatic rings. The molecule has 1 unspecified atom stereocenters. The lowest BCUT2D eigenvalue weighted by molar-refractivity contribution is -0.141. The topological polar surface area (TPSA) is 112 Å². The van der Waals surface area contributed by atoms with Gasteiger partial charge < -0.3 is 10.0 Å². The number of carbonyl (C=O) groups is 1. The number of nitrogens with zero attached hydrogens (tertiary/aromatic N) is 3. The maximum Gasteiger partial charge on any atom is 0.418 e. The molecular weight excluding hydrogens is 485 g/mol. The van der Waals surface area contributed by atoms with Crippen molar-refractivity contribution in [2.24, 2.45) is 5.92 Å². The summed E-state index contributed by atoms with van der Waals surface area (Å²) in [4.78, 5) is 20.5. The first-order chi connectivity index (χ1) is 16.5. The molecule has 1 atom stereocenters. The molecule has 2 aromatic heterocycles. The molecule has 0 spiro atoms. The average Bonchev–Trinajstić information content (AvgIpc) is 3.29. The van der Waals surface area contributed by atoms with Crippen molar-refractivity contribution in [1.82, 2.24) is 9.97 Å². The Kier molecular flexibility index (Phi) is 6.41. The molecule has 8 nitrogen and oxygen atoms in total. The van der Waals surface area contributed by atoms with Crippen molar-refractivity contribution < 1.29 is 31.5 Å². The van der Waals surface area contributed by atoms with Crippen LogP contribution in [0.3, 0.4) is 0 Å². The van der Waals surface area contributed by atoms with Gasteiger partial charge in [-0.15, -0.1) is 0 Å². The molecule has 35 heavy (non-hydrogen) atoms. The van der Waals surface area contributed by atoms with Gasteiger partial charge in [0.05, 0.1) is 16.4 Å². The van der Waals surface area contributed by atoms with Crippen LogP contribution in [0.4, 0.5) is 24.8 Å². The Hall–Kier alpha value is -3.67. The third-order valence-electron chi connectivity index (χ3n) is 5.77. The molecule has 2 N–H and O–H groups in total. The molecule has 0 amide bonds. The van der Waals surface area contributed by atoms with Gasteiger partial charge in [0, 0.05) is 31.5 Å². The van der Waals surface area contributed by atoms with Crippen LogP contribution in [0.2, 0.25) is 0 Å². The first-order valence-corrected chi connectivity index (χ1v) is 12.0. The van der Waals surface area contributed by atoms with E-state index in [1.807, 2.05) is 0 Å². The summed E-state index contributed by atoms with van der Waals surface area (Å²) in [6.45, 7) is 2.26. The van der Waals surface area contributed by atoms with E-state index in [0.717, 1.165) is 6.07 Å². The standard InChI is InChI=1S/C23H21F3N4O4S/c1-14-4-2-3-5-17(14)18-11-20(28-12-19(18)23(24,25)26)29-35(33,34)16-6-8-27-21(10-16)30-9-7-15(13-30)22(31)32/h2-6,8,10-12,15H,7,9,13H2,1H3,(H,28,29)(H,31,32). The summed E-state index contributed by atoms with van der Waals surface area (Å²) in [5.41, 5.74) is -0.295. The lowest BCUT2D eigenvalue weighted by Gasteiger charge is -2.18. The van der Waals surface area contributed by atoms with Crippen LogP contribution >= 0.6 is 0 Å². The number of alkyl halides is 3. The van der Waals surface area contributed by atoms with Gasteiger partial charge in [0.1, 0.15) is 11.6 Å². The van der Waals surface area contributed by atoms with Gasteiger partial charge in [-0.1, -0.05) is 24.3 Å². The zero-order valence-electron chi connectivity index (χ0n) is 18.5. The summed E-state index contributed by atoms with van der Waals surface area (Å²) in [5, 5.41) is 9.19. The highest BCUT2D eigenvalue weighted by atomic mass is 32.2. The van der Waals surface area contributed by atoms with E-state index in [2.05, 4.69) is 14.7 Å². The fraction of sp³-hybridized carbons (Fsp3) is 0.261. The normalized spacial score (nSPS) is 16.3. The summed E-state index contributed by atoms with van der Waals surface area (Å²) in [7, 11) is -4.23. The van der Waals surface area contributed by atoms with Crippen LogP contribution in [0.25, 0.3) is 11.1 Å². The molecule has 0 saturated carbocycles. The van der Waals surface area contributed by atoms with E-state index in [9.17, 15) is 31.5 Å². The molecule has 1 aliphatic rings. The summed E-state index contributed by atoms with van der Waals surface area (Å²) in [6.07, 6.45) is -2.40. The summed E-state index contributed by atoms with van der Waals surface area (Å²) < 4.78 is 69.2. The molecule has 1 aromatic carbocycles. The maximum absolute atomic E-state index is 13.6. The van der Waals surface area contributed by atoms with Gasteiger partial charge in [-0.25, -0.2) is 18.4 Å². The number of hydrogen-bond donors (Lipinski definition) is 2. The number of carboxylic acids is 1. The van der Waals surface area contributed by atoms with Gasteiger partial charge in [-0.3, -0.25) is 9.52 Å². The minimum atomic E-state index is -4.69. The van der Waals surface area contributed by atoms with Crippen LogP contribution in [0, 0.1) is 12.8 Å². The Balaban J connectivity index is 1.66. The quantitative estimate of drug-likeness (QED) is 0.516. The van der Waals surface area contributed by atoms with E-state index in [4.69, 9.17) is 0 Å². The second-order valence-corrected chi connectivity index (χ2v) is 9.84. The molecule has 0 aliphatic carbocycles. The average molecular weight is 507 g/mol. The second kappa shape index (κ2) is 9.17. The number of rotatable bonds is 6. The Morgan fingerprint density at radius 2 is 1.89 bits per heavy atom. The molecule has 184 valence electrons. The van der Waals surface area contributed by atoms with Gasteiger partial charge in [0.2, 0.25) is 0 Å². The molecule has 3 heterocycles. The lowest BCUT2D eigenvalue weighted by atomic mass is 9.97. The van der Waals surface area contributed by atoms with E-state index < -0.39 is 33.7 Å². The highest BCUT2D eigenvalue weighted by Crippen LogP contribution is 2.39. The SMILES string of the molecule is Cc1ccccc1-c1cc(NS(=O)(=O)c2ccnc(N3CCC(C(=O)O)C3)c2)ncc1C(F)(F)F. The molecule has 4 rings (SSSR count). The number of pyridine rings is 2. The highest BCUT2D eigenvalue weighted by molar-refractivity contribution is 7.92. The number of carboxylic acid groups (broad SMARTS) is 1. The van der Waals surface area contributed by atoms with E-state index in [1.54, 1.807) is 30.0 Å². The van der Waals surface area contributed by atoms with E-state index in [0.29, 0.717) is 30.3 Å². The second-order valence-electron chi connectivity index (χ2n) is 8.15. The molecule has 12 heteroatoms. The molecule has 1 fully saturated rings. The van der Waals surface area contributed by atoms with Crippen molar-refractivity contribution in [3.63, 3.8) is 0 Å². The fourth-order valence-electron chi connectivity index (χ4n) is 3.94. The first-order valence-electron chi connectivity index (χ1n) is 10.6. The number of aryl methyl sites for hydroxylation is 1. The molecule has 1 aliphatic heterocycles. The number of anilines is 2. The fourth-order valence-corrected chi connectivity index (χ4v) is 4.95. The van der Waals surface area contributed by atoms with E-state index in [1.165, 1.54) is 24.4 Å². The minimum absolute atomic E-state index is 0.180. The van der Waals surface area contributed by atoms with Crippen LogP contribution in [0.5, 0.6) is 0 Å². The number of aliphatic carboxylic acids is 1. The first kappa shape index (κ1) is 24.5. The van der Waals surface area contributed by atoms with Crippen molar-refractivity contribution in [3.8, 4) is 11.1 Å². The summed E-state index contributed by atoms with van der Waals surface area (Å²) >= 11 is 0. The van der Waals surface area contributed by atoms with Crippen molar-refractivity contribution in [2.75, 3.05) is 22.7 Å². The van der Waals surface area contributed by atoms with E-state index >= 15 is 0 Å². The number of halogens is 3. The van der Waals surface area contributed by atoms with Crippen molar-refractivity contribution in [1.29, 1.82) is 0 Å². The Morgan fingerprint density at radius 3 is 2.54 bits per heavy atom. The highest BCUT2D eigenvalue weighted by Gasteiger charge is 2.35. The van der Waals surface area contributed by atoms with Gasteiger partial charge in [0.25, 0.3) is 10.0 Å². The number of sulfonamides is 1. The van der Waals surface area contributed by atoms with Gasteiger partial charge >= 0.3 is 12.1 Å². The third-order valence-corrected chi connectivity index (χ3v) is 7.12. The Labute approximate surface area is 199 Å². The largest absolute Gasteiger partial charge is 0.481 e. The van der Waals surface area contributed by atoms with Gasteiger partial charge in [0.15, 0.2) is 0 Å².